The van der Waals surface area contributed by atoms with Gasteiger partial charge in [-0.25, -0.2) is 10.0 Å². The molecule has 0 rings (SSSR count). The maximum atomic E-state index is 2.77. The van der Waals surface area contributed by atoms with Crippen LogP contribution in [0.15, 0.2) is 0 Å². The van der Waals surface area contributed by atoms with Crippen LogP contribution in [0.1, 0.15) is 143 Å². The summed E-state index contributed by atoms with van der Waals surface area (Å²) >= 11 is 0. The van der Waals surface area contributed by atoms with Crippen LogP contribution >= 0.6 is 0 Å². The fourth-order valence-electron chi connectivity index (χ4n) is 4.03. The zero-order valence-corrected chi connectivity index (χ0v) is 20.5. The molecule has 0 unspecified atom stereocenters. The van der Waals surface area contributed by atoms with E-state index in [0.717, 1.165) is 0 Å². The molecular weight excluding hydrogens is 340 g/mol. The molecule has 0 aromatic carbocycles. The summed E-state index contributed by atoms with van der Waals surface area (Å²) in [7, 11) is 0. The van der Waals surface area contributed by atoms with Crippen molar-refractivity contribution in [1.29, 1.82) is 0 Å². The maximum absolute atomic E-state index is 2.77. The smallest absolute Gasteiger partial charge is 0.0133 e. The van der Waals surface area contributed by atoms with Gasteiger partial charge in [-0.3, -0.25) is 0 Å². The molecule has 0 N–H and O–H groups in total. The topological polar surface area (TPSA) is 6.48 Å². The van der Waals surface area contributed by atoms with Crippen LogP contribution in [0.25, 0.3) is 0 Å². The zero-order chi connectivity index (χ0) is 20.7. The average Bonchev–Trinajstić information content (AvgIpc) is 2.71. The predicted octanol–water partition coefficient (Wildman–Crippen LogP) is 8.61. The van der Waals surface area contributed by atoms with Crippen LogP contribution in [0.2, 0.25) is 0 Å². The van der Waals surface area contributed by atoms with Gasteiger partial charge >= 0.3 is 0 Å². The van der Waals surface area contributed by atoms with E-state index >= 15 is 0 Å². The molecule has 0 saturated carbocycles. The van der Waals surface area contributed by atoms with E-state index in [0.29, 0.717) is 0 Å². The molecule has 0 aliphatic rings. The summed E-state index contributed by atoms with van der Waals surface area (Å²) in [6.07, 6.45) is 25.0. The summed E-state index contributed by atoms with van der Waals surface area (Å²) in [5, 5.41) is 5.54. The molecule has 0 aliphatic heterocycles. The zero-order valence-electron chi connectivity index (χ0n) is 20.5. The normalized spacial score (nSPS) is 11.8. The minimum absolute atomic E-state index is 1.29. The van der Waals surface area contributed by atoms with Gasteiger partial charge in [-0.15, -0.1) is 0 Å². The molecule has 0 aliphatic carbocycles. The minimum Gasteiger partial charge on any atom is -0.242 e. The third kappa shape index (κ3) is 18.0. The van der Waals surface area contributed by atoms with E-state index in [1.807, 2.05) is 0 Å². The van der Waals surface area contributed by atoms with Crippen molar-refractivity contribution >= 4 is 0 Å². The van der Waals surface area contributed by atoms with Crippen LogP contribution < -0.4 is 0 Å². The lowest BCUT2D eigenvalue weighted by Crippen LogP contribution is -2.45. The molecule has 0 atom stereocenters. The van der Waals surface area contributed by atoms with Crippen molar-refractivity contribution in [3.63, 3.8) is 0 Å². The molecule has 0 aromatic heterocycles. The summed E-state index contributed by atoms with van der Waals surface area (Å²) < 4.78 is 0. The third-order valence-electron chi connectivity index (χ3n) is 5.98. The Labute approximate surface area is 179 Å². The lowest BCUT2D eigenvalue weighted by molar-refractivity contribution is -0.0308. The standard InChI is InChI=1S/C26H56N2/c1-5-9-13-17-21-25-28(26-22-18-14-10-6-2)27(23-19-15-11-7-3)24-20-16-12-8-4/h5-26H2,1-4H3. The van der Waals surface area contributed by atoms with Gasteiger partial charge in [-0.1, -0.05) is 118 Å². The molecule has 28 heavy (non-hydrogen) atoms. The third-order valence-corrected chi connectivity index (χ3v) is 5.98. The quantitative estimate of drug-likeness (QED) is 0.126. The minimum atomic E-state index is 1.29. The van der Waals surface area contributed by atoms with Gasteiger partial charge in [-0.05, 0) is 25.7 Å². The number of hydrogen-bond donors (Lipinski definition) is 0. The van der Waals surface area contributed by atoms with E-state index in [-0.39, 0.29) is 0 Å². The lowest BCUT2D eigenvalue weighted by Gasteiger charge is -2.35. The summed E-state index contributed by atoms with van der Waals surface area (Å²) in [6, 6.07) is 0. The summed E-state index contributed by atoms with van der Waals surface area (Å²) in [4.78, 5) is 0. The van der Waals surface area contributed by atoms with Crippen LogP contribution in [0.5, 0.6) is 0 Å². The molecule has 2 nitrogen and oxygen atoms in total. The first-order valence-corrected chi connectivity index (χ1v) is 13.3. The first kappa shape index (κ1) is 27.9. The number of unbranched alkanes of at least 4 members (excludes halogenated alkanes) is 14. The van der Waals surface area contributed by atoms with Gasteiger partial charge in [0.05, 0.1) is 0 Å². The van der Waals surface area contributed by atoms with Gasteiger partial charge < -0.3 is 0 Å². The Morgan fingerprint density at radius 2 is 0.500 bits per heavy atom. The summed E-state index contributed by atoms with van der Waals surface area (Å²) in [5.74, 6) is 0. The van der Waals surface area contributed by atoms with Gasteiger partial charge in [-0.2, -0.15) is 0 Å². The average molecular weight is 397 g/mol. The molecule has 0 fully saturated rings. The SMILES string of the molecule is CCCCCCCN(CCCCCCC)N(CCCCCC)CCCCCC. The molecule has 0 amide bonds. The Hall–Kier alpha value is -0.0800. The number of rotatable bonds is 23. The first-order valence-electron chi connectivity index (χ1n) is 13.3. The van der Waals surface area contributed by atoms with E-state index < -0.39 is 0 Å². The monoisotopic (exact) mass is 396 g/mol. The Morgan fingerprint density at radius 1 is 0.286 bits per heavy atom. The van der Waals surface area contributed by atoms with Crippen molar-refractivity contribution in [1.82, 2.24) is 10.0 Å². The van der Waals surface area contributed by atoms with E-state index in [4.69, 9.17) is 0 Å². The Balaban J connectivity index is 4.55. The lowest BCUT2D eigenvalue weighted by atomic mass is 10.1. The fourth-order valence-corrected chi connectivity index (χ4v) is 4.03. The van der Waals surface area contributed by atoms with Gasteiger partial charge in [0.2, 0.25) is 0 Å². The summed E-state index contributed by atoms with van der Waals surface area (Å²) in [5.41, 5.74) is 0. The molecule has 0 spiro atoms. The van der Waals surface area contributed by atoms with Crippen LogP contribution in [0, 0.1) is 0 Å². The van der Waals surface area contributed by atoms with Crippen LogP contribution in [0.3, 0.4) is 0 Å². The number of hydrazine groups is 1. The van der Waals surface area contributed by atoms with Crippen molar-refractivity contribution in [2.24, 2.45) is 0 Å². The van der Waals surface area contributed by atoms with Crippen LogP contribution in [0.4, 0.5) is 0 Å². The Bertz CT molecular complexity index is 254. The number of nitrogens with zero attached hydrogens (tertiary/aromatic N) is 2. The van der Waals surface area contributed by atoms with E-state index in [1.165, 1.54) is 142 Å². The Morgan fingerprint density at radius 3 is 0.750 bits per heavy atom. The molecule has 0 saturated heterocycles. The van der Waals surface area contributed by atoms with Crippen LogP contribution in [-0.2, 0) is 0 Å². The van der Waals surface area contributed by atoms with Crippen molar-refractivity contribution < 1.29 is 0 Å². The molecule has 0 radical (unpaired) electrons. The van der Waals surface area contributed by atoms with Gasteiger partial charge in [0.25, 0.3) is 0 Å². The second-order valence-corrected chi connectivity index (χ2v) is 8.86. The highest BCUT2D eigenvalue weighted by atomic mass is 15.6. The van der Waals surface area contributed by atoms with Crippen molar-refractivity contribution in [3.8, 4) is 0 Å². The second-order valence-electron chi connectivity index (χ2n) is 8.86. The Kier molecular flexibility index (Phi) is 23.1. The van der Waals surface area contributed by atoms with Crippen LogP contribution in [-0.4, -0.2) is 36.2 Å². The molecule has 0 bridgehead atoms. The molecule has 0 aromatic rings. The number of hydrogen-bond acceptors (Lipinski definition) is 2. The fraction of sp³-hybridized carbons (Fsp3) is 1.00. The highest BCUT2D eigenvalue weighted by molar-refractivity contribution is 4.62. The highest BCUT2D eigenvalue weighted by Crippen LogP contribution is 2.13. The van der Waals surface area contributed by atoms with Crippen molar-refractivity contribution in [2.75, 3.05) is 26.2 Å². The molecular formula is C26H56N2. The van der Waals surface area contributed by atoms with Crippen molar-refractivity contribution in [3.05, 3.63) is 0 Å². The summed E-state index contributed by atoms with van der Waals surface area (Å²) in [6.45, 7) is 14.4. The molecule has 2 heteroatoms. The molecule has 170 valence electrons. The van der Waals surface area contributed by atoms with E-state index in [2.05, 4.69) is 37.7 Å². The van der Waals surface area contributed by atoms with Crippen molar-refractivity contribution in [2.45, 2.75) is 143 Å². The maximum Gasteiger partial charge on any atom is 0.0133 e. The largest absolute Gasteiger partial charge is 0.242 e. The molecule has 0 heterocycles. The van der Waals surface area contributed by atoms with E-state index in [1.54, 1.807) is 0 Å². The van der Waals surface area contributed by atoms with Gasteiger partial charge in [0.1, 0.15) is 0 Å². The second kappa shape index (κ2) is 23.2. The first-order chi connectivity index (χ1) is 13.8. The predicted molar refractivity (Wildman–Crippen MR) is 129 cm³/mol. The van der Waals surface area contributed by atoms with Gasteiger partial charge in [0.15, 0.2) is 0 Å². The van der Waals surface area contributed by atoms with E-state index in [9.17, 15) is 0 Å². The van der Waals surface area contributed by atoms with Gasteiger partial charge in [0, 0.05) is 26.2 Å². The highest BCUT2D eigenvalue weighted by Gasteiger charge is 2.14.